The molecule has 0 bridgehead atoms. The van der Waals surface area contributed by atoms with E-state index in [0.717, 1.165) is 0 Å². The SMILES string of the molecule is CC(C)[Si](O[C@@H]1C=C(B(O)O)O[C@@H]2CO[Si](C(C)(C)C)(C(C)(C)C)O[C@@H]12)(C(C)C)C(C)C.CC(C)[Si](O[C@@H]1C=C(B2OC(C)(C)C(C)(C)O2)O[C@@H]2CO[Si](C(C)(C)C)(C(C)(C)C)O[C@@H]12)(C(C)C)C(C)C.CC(C)[Si](O[C@@H]1C=CO[C@@H]2CO[Si](C(C)(C)C)(C(C)(C)C)O[C@@H]12)(C(C)C)C(C)C. The quantitative estimate of drug-likeness (QED) is 0.132. The first-order valence-corrected chi connectivity index (χ1v) is 50.2. The van der Waals surface area contributed by atoms with Gasteiger partial charge >= 0.3 is 39.9 Å². The van der Waals surface area contributed by atoms with E-state index in [2.05, 4.69) is 289 Å². The van der Waals surface area contributed by atoms with Crippen LogP contribution in [-0.2, 0) is 63.4 Å². The summed E-state index contributed by atoms with van der Waals surface area (Å²) in [5.41, 5.74) is 4.02. The van der Waals surface area contributed by atoms with Crippen molar-refractivity contribution in [3.05, 3.63) is 35.8 Å². The van der Waals surface area contributed by atoms with Crippen LogP contribution in [0.1, 0.15) is 277 Å². The van der Waals surface area contributed by atoms with E-state index in [0.29, 0.717) is 75.3 Å². The van der Waals surface area contributed by atoms with E-state index >= 15 is 0 Å². The van der Waals surface area contributed by atoms with Gasteiger partial charge in [0.2, 0.25) is 25.0 Å². The molecule has 0 aliphatic carbocycles. The van der Waals surface area contributed by atoms with E-state index in [4.69, 9.17) is 63.4 Å². The molecular weight excluding hydrogens is 1350 g/mol. The maximum absolute atomic E-state index is 9.92. The van der Waals surface area contributed by atoms with Crippen molar-refractivity contribution in [2.45, 2.75) is 423 Å². The fourth-order valence-corrected chi connectivity index (χ4v) is 50.8. The van der Waals surface area contributed by atoms with Crippen LogP contribution in [0.3, 0.4) is 0 Å². The van der Waals surface area contributed by atoms with Crippen molar-refractivity contribution in [1.82, 2.24) is 0 Å². The van der Waals surface area contributed by atoms with Crippen molar-refractivity contribution in [3.8, 4) is 0 Å². The lowest BCUT2D eigenvalue weighted by Gasteiger charge is -2.57. The van der Waals surface area contributed by atoms with E-state index < -0.39 is 88.3 Å². The molecule has 4 saturated heterocycles. The summed E-state index contributed by atoms with van der Waals surface area (Å²) in [6.07, 6.45) is 5.48. The maximum atomic E-state index is 9.92. The summed E-state index contributed by atoms with van der Waals surface area (Å²) in [4.78, 5) is 0. The van der Waals surface area contributed by atoms with Crippen LogP contribution in [0.15, 0.2) is 35.8 Å². The zero-order chi connectivity index (χ0) is 76.6. The standard InChI is InChI=1S/C29H57BO6Si2.C23H47BO6Si2.C23H46O4Si2/c1-19(2)37(20(3)4,21(5)6)33-22-17-24(30-35-28(13,14)29(15,16)36-30)32-23-18-31-38(26(7,8)9,27(10,11)12)34-25(22)23;1-15(2)31(16(3)4,17(5)6)29-18-13-20(24(25)26)28-19-14-27-32(22(7,8)9,23(10,11)12)30-21(18)19;1-16(2)28(17(3)4,18(5)6)26-19-13-14-24-20-15-25-29(22(7,8)9,23(10,11)12)27-21(19)20/h17,19-23,25H,18H2,1-16H3;13,15-19,21,25-26H,14H2,1-12H3;13-14,16-21H,15H2,1-12H3/t22-,23-,25+;18-,19-,21+;19-,20-,21+/m111/s1. The Bertz CT molecular complexity index is 2600. The Hall–Kier alpha value is -0.469. The molecule has 0 radical (unpaired) electrons. The van der Waals surface area contributed by atoms with E-state index in [9.17, 15) is 10.0 Å². The van der Waals surface area contributed by atoms with Gasteiger partial charge in [0.25, 0.3) is 0 Å². The van der Waals surface area contributed by atoms with Crippen LogP contribution in [0.5, 0.6) is 0 Å². The fourth-order valence-electron chi connectivity index (χ4n) is 19.4. The maximum Gasteiger partial charge on any atom is 0.531 e. The minimum atomic E-state index is -2.74. The Morgan fingerprint density at radius 1 is 0.414 bits per heavy atom. The highest BCUT2D eigenvalue weighted by atomic mass is 28.4. The summed E-state index contributed by atoms with van der Waals surface area (Å²) >= 11 is 0. The average Bonchev–Trinajstić information content (AvgIpc) is 0.970. The van der Waals surface area contributed by atoms with Crippen LogP contribution in [0, 0.1) is 0 Å². The Labute approximate surface area is 613 Å². The molecule has 0 spiro atoms. The molecule has 24 heteroatoms. The molecule has 7 rings (SSSR count). The molecule has 7 aliphatic rings. The molecule has 2 N–H and O–H groups in total. The topological polar surface area (TPSA) is 170 Å². The highest BCUT2D eigenvalue weighted by Crippen LogP contribution is 2.60. The molecule has 7 heterocycles. The van der Waals surface area contributed by atoms with E-state index in [1.54, 1.807) is 12.3 Å². The van der Waals surface area contributed by atoms with Crippen LogP contribution < -0.4 is 0 Å². The van der Waals surface area contributed by atoms with Crippen molar-refractivity contribution < 1.29 is 73.4 Å². The zero-order valence-electron chi connectivity index (χ0n) is 70.6. The van der Waals surface area contributed by atoms with Gasteiger partial charge in [-0.15, -0.1) is 0 Å². The van der Waals surface area contributed by atoms with Gasteiger partial charge in [0, 0.05) is 30.2 Å². The number of ether oxygens (including phenoxy) is 3. The molecule has 16 nitrogen and oxygen atoms in total. The van der Waals surface area contributed by atoms with Gasteiger partial charge in [-0.25, -0.2) is 0 Å². The molecular formula is C75H150B2O16Si6. The summed E-state index contributed by atoms with van der Waals surface area (Å²) < 4.78 is 94.4. The molecule has 0 aromatic heterocycles. The summed E-state index contributed by atoms with van der Waals surface area (Å²) in [7, 11) is -16.9. The minimum Gasteiger partial charge on any atom is -0.493 e. The third-order valence-corrected chi connectivity index (χ3v) is 57.6. The predicted octanol–water partition coefficient (Wildman–Crippen LogP) is 20.1. The Morgan fingerprint density at radius 2 is 0.677 bits per heavy atom. The molecule has 0 amide bonds. The number of hydrogen-bond acceptors (Lipinski definition) is 16. The molecule has 0 aromatic carbocycles. The van der Waals surface area contributed by atoms with Crippen LogP contribution in [0.2, 0.25) is 80.1 Å². The molecule has 0 aromatic rings. The smallest absolute Gasteiger partial charge is 0.493 e. The number of fused-ring (bicyclic) bond motifs is 3. The summed E-state index contributed by atoms with van der Waals surface area (Å²) in [5.74, 6) is 0. The summed E-state index contributed by atoms with van der Waals surface area (Å²) in [6, 6.07) is 0. The van der Waals surface area contributed by atoms with Gasteiger partial charge in [-0.1, -0.05) is 249 Å². The van der Waals surface area contributed by atoms with Crippen molar-refractivity contribution in [1.29, 1.82) is 0 Å². The second-order valence-corrected chi connectivity index (χ2v) is 70.6. The van der Waals surface area contributed by atoms with E-state index in [-0.39, 0.29) is 78.6 Å². The molecule has 0 saturated carbocycles. The first-order chi connectivity index (χ1) is 44.5. The molecule has 7 aliphatic heterocycles. The fraction of sp³-hybridized carbons (Fsp3) is 0.920. The van der Waals surface area contributed by atoms with Crippen LogP contribution in [0.25, 0.3) is 0 Å². The van der Waals surface area contributed by atoms with Crippen molar-refractivity contribution in [2.75, 3.05) is 19.8 Å². The van der Waals surface area contributed by atoms with Gasteiger partial charge in [0.05, 0.1) is 55.6 Å². The number of rotatable bonds is 17. The second-order valence-electron chi connectivity index (χ2n) is 40.1. The number of hydrogen-bond donors (Lipinski definition) is 2. The lowest BCUT2D eigenvalue weighted by molar-refractivity contribution is -0.125. The molecule has 4 fully saturated rings. The van der Waals surface area contributed by atoms with Gasteiger partial charge in [0.15, 0.2) is 0 Å². The van der Waals surface area contributed by atoms with Crippen molar-refractivity contribution in [3.63, 3.8) is 0 Å². The van der Waals surface area contributed by atoms with Gasteiger partial charge in [-0.05, 0) is 95.8 Å². The van der Waals surface area contributed by atoms with Gasteiger partial charge in [-0.3, -0.25) is 0 Å². The zero-order valence-corrected chi connectivity index (χ0v) is 76.6. The second kappa shape index (κ2) is 31.3. The third-order valence-electron chi connectivity index (χ3n) is 23.9. The highest BCUT2D eigenvalue weighted by Gasteiger charge is 2.68. The molecule has 576 valence electrons. The Balaban J connectivity index is 0.000000271. The van der Waals surface area contributed by atoms with Crippen LogP contribution in [-0.4, -0.2) is 161 Å². The van der Waals surface area contributed by atoms with Crippen molar-refractivity contribution in [2.24, 2.45) is 0 Å². The van der Waals surface area contributed by atoms with Gasteiger partial charge in [-0.2, -0.15) is 0 Å². The lowest BCUT2D eigenvalue weighted by atomic mass is 9.83. The van der Waals surface area contributed by atoms with Crippen molar-refractivity contribution >= 4 is 64.9 Å². The Kier molecular flexibility index (Phi) is 28.1. The summed E-state index contributed by atoms with van der Waals surface area (Å²) in [5, 5.41) is 19.2. The van der Waals surface area contributed by atoms with Gasteiger partial charge in [0.1, 0.15) is 47.9 Å². The predicted molar refractivity (Wildman–Crippen MR) is 422 cm³/mol. The molecule has 0 unspecified atom stereocenters. The van der Waals surface area contributed by atoms with E-state index in [1.165, 1.54) is 0 Å². The molecule has 9 atom stereocenters. The highest BCUT2D eigenvalue weighted by molar-refractivity contribution is 6.79. The first-order valence-electron chi connectivity index (χ1n) is 38.3. The van der Waals surface area contributed by atoms with Crippen LogP contribution in [0.4, 0.5) is 0 Å². The average molecular weight is 1500 g/mol. The Morgan fingerprint density at radius 3 is 0.960 bits per heavy atom. The summed E-state index contributed by atoms with van der Waals surface area (Å²) in [6.45, 7) is 91.4. The normalized spacial score (nSPS) is 28.2. The monoisotopic (exact) mass is 1500 g/mol. The van der Waals surface area contributed by atoms with E-state index in [1.807, 2.05) is 0 Å². The van der Waals surface area contributed by atoms with Crippen LogP contribution >= 0.6 is 0 Å². The lowest BCUT2D eigenvalue weighted by Crippen LogP contribution is -2.69. The third kappa shape index (κ3) is 17.0. The molecule has 99 heavy (non-hydrogen) atoms. The minimum absolute atomic E-state index is 0.0510. The van der Waals surface area contributed by atoms with Gasteiger partial charge < -0.3 is 73.4 Å². The first kappa shape index (κ1) is 89.2. The largest absolute Gasteiger partial charge is 0.531 e.